The minimum absolute atomic E-state index is 0.0367. The molecule has 17 heavy (non-hydrogen) atoms. The zero-order valence-electron chi connectivity index (χ0n) is 9.25. The second-order valence-electron chi connectivity index (χ2n) is 4.14. The van der Waals surface area contributed by atoms with E-state index in [0.717, 1.165) is 19.1 Å². The van der Waals surface area contributed by atoms with E-state index in [-0.39, 0.29) is 15.8 Å². The average molecular weight is 275 g/mol. The molecule has 1 fully saturated rings. The first kappa shape index (κ1) is 12.5. The summed E-state index contributed by atoms with van der Waals surface area (Å²) in [7, 11) is -6.80. The van der Waals surface area contributed by atoms with E-state index in [1.54, 1.807) is 0 Å². The lowest BCUT2D eigenvalue weighted by Crippen LogP contribution is -2.25. The maximum Gasteiger partial charge on any atom is 0.240 e. The van der Waals surface area contributed by atoms with E-state index in [1.165, 1.54) is 24.3 Å². The van der Waals surface area contributed by atoms with Gasteiger partial charge in [-0.2, -0.15) is 0 Å². The van der Waals surface area contributed by atoms with Gasteiger partial charge >= 0.3 is 0 Å². The molecule has 0 amide bonds. The second-order valence-corrected chi connectivity index (χ2v) is 7.87. The van der Waals surface area contributed by atoms with Crippen molar-refractivity contribution in [3.63, 3.8) is 0 Å². The maximum absolute atomic E-state index is 11.8. The van der Waals surface area contributed by atoms with Crippen molar-refractivity contribution in [2.45, 2.75) is 28.7 Å². The monoisotopic (exact) mass is 275 g/mol. The van der Waals surface area contributed by atoms with Crippen molar-refractivity contribution in [3.05, 3.63) is 24.3 Å². The van der Waals surface area contributed by atoms with Crippen LogP contribution in [0.15, 0.2) is 34.1 Å². The van der Waals surface area contributed by atoms with Gasteiger partial charge in [0.2, 0.25) is 10.0 Å². The molecular formula is C10H13NO4S2. The molecular weight excluding hydrogens is 262 g/mol. The highest BCUT2D eigenvalue weighted by Crippen LogP contribution is 2.22. The standard InChI is InChI=1S/C10H13NO4S2/c1-16(12,13)9-4-6-10(7-5-9)17(14,15)11-8-2-3-8/h4-8,11H,2-3H2,1H3. The second kappa shape index (κ2) is 4.08. The van der Waals surface area contributed by atoms with Gasteiger partial charge in [0.1, 0.15) is 0 Å². The van der Waals surface area contributed by atoms with Crippen LogP contribution in [-0.4, -0.2) is 29.1 Å². The van der Waals surface area contributed by atoms with Crippen LogP contribution in [0.25, 0.3) is 0 Å². The lowest BCUT2D eigenvalue weighted by Gasteiger charge is -2.05. The summed E-state index contributed by atoms with van der Waals surface area (Å²) in [5.74, 6) is 0. The molecule has 2 rings (SSSR count). The number of sulfone groups is 1. The van der Waals surface area contributed by atoms with Crippen LogP contribution < -0.4 is 4.72 Å². The third-order valence-electron chi connectivity index (χ3n) is 2.46. The number of hydrogen-bond donors (Lipinski definition) is 1. The molecule has 1 aromatic carbocycles. The maximum atomic E-state index is 11.8. The fourth-order valence-electron chi connectivity index (χ4n) is 1.35. The van der Waals surface area contributed by atoms with Crippen molar-refractivity contribution in [1.82, 2.24) is 4.72 Å². The molecule has 0 unspecified atom stereocenters. The Morgan fingerprint density at radius 1 is 1.00 bits per heavy atom. The fraction of sp³-hybridized carbons (Fsp3) is 0.400. The van der Waals surface area contributed by atoms with Gasteiger partial charge in [-0.25, -0.2) is 21.6 Å². The lowest BCUT2D eigenvalue weighted by molar-refractivity contribution is 0.580. The molecule has 7 heteroatoms. The van der Waals surface area contributed by atoms with E-state index in [2.05, 4.69) is 4.72 Å². The Kier molecular flexibility index (Phi) is 3.01. The Bertz CT molecular complexity index is 613. The topological polar surface area (TPSA) is 80.3 Å². The molecule has 0 spiro atoms. The summed E-state index contributed by atoms with van der Waals surface area (Å²) < 4.78 is 48.5. The molecule has 0 aromatic heterocycles. The first-order valence-electron chi connectivity index (χ1n) is 5.11. The zero-order valence-corrected chi connectivity index (χ0v) is 10.9. The Morgan fingerprint density at radius 2 is 1.47 bits per heavy atom. The Balaban J connectivity index is 2.28. The minimum Gasteiger partial charge on any atom is -0.224 e. The molecule has 94 valence electrons. The molecule has 0 heterocycles. The van der Waals surface area contributed by atoms with E-state index in [4.69, 9.17) is 0 Å². The number of sulfonamides is 1. The number of rotatable bonds is 4. The van der Waals surface area contributed by atoms with Crippen molar-refractivity contribution in [2.24, 2.45) is 0 Å². The molecule has 0 radical (unpaired) electrons. The SMILES string of the molecule is CS(=O)(=O)c1ccc(S(=O)(=O)NC2CC2)cc1. The van der Waals surface area contributed by atoms with Crippen molar-refractivity contribution in [3.8, 4) is 0 Å². The first-order valence-corrected chi connectivity index (χ1v) is 8.49. The molecule has 0 saturated heterocycles. The van der Waals surface area contributed by atoms with Gasteiger partial charge < -0.3 is 0 Å². The van der Waals surface area contributed by atoms with E-state index < -0.39 is 19.9 Å². The highest BCUT2D eigenvalue weighted by Gasteiger charge is 2.27. The van der Waals surface area contributed by atoms with Crippen molar-refractivity contribution < 1.29 is 16.8 Å². The van der Waals surface area contributed by atoms with Crippen LogP contribution >= 0.6 is 0 Å². The molecule has 1 saturated carbocycles. The normalized spacial score (nSPS) is 17.0. The van der Waals surface area contributed by atoms with E-state index in [1.807, 2.05) is 0 Å². The van der Waals surface area contributed by atoms with Gasteiger partial charge in [-0.1, -0.05) is 0 Å². The Morgan fingerprint density at radius 3 is 1.88 bits per heavy atom. The van der Waals surface area contributed by atoms with E-state index in [0.29, 0.717) is 0 Å². The summed E-state index contributed by atoms with van der Waals surface area (Å²) in [5.41, 5.74) is 0. The van der Waals surface area contributed by atoms with Crippen LogP contribution in [0.1, 0.15) is 12.8 Å². The highest BCUT2D eigenvalue weighted by molar-refractivity contribution is 7.90. The van der Waals surface area contributed by atoms with Crippen LogP contribution in [0.3, 0.4) is 0 Å². The summed E-state index contributed by atoms with van der Waals surface area (Å²) in [6, 6.07) is 5.25. The third kappa shape index (κ3) is 3.05. The Labute approximate surface area is 101 Å². The average Bonchev–Trinajstić information content (AvgIpc) is 3.00. The molecule has 1 aliphatic rings. The largest absolute Gasteiger partial charge is 0.240 e. The zero-order chi connectivity index (χ0) is 12.7. The van der Waals surface area contributed by atoms with Gasteiger partial charge in [0, 0.05) is 12.3 Å². The lowest BCUT2D eigenvalue weighted by atomic mass is 10.4. The molecule has 5 nitrogen and oxygen atoms in total. The predicted molar refractivity (Wildman–Crippen MR) is 62.9 cm³/mol. The first-order chi connectivity index (χ1) is 7.79. The third-order valence-corrected chi connectivity index (χ3v) is 5.13. The van der Waals surface area contributed by atoms with Gasteiger partial charge in [-0.3, -0.25) is 0 Å². The molecule has 0 bridgehead atoms. The van der Waals surface area contributed by atoms with Crippen molar-refractivity contribution in [1.29, 1.82) is 0 Å². The molecule has 0 aliphatic heterocycles. The quantitative estimate of drug-likeness (QED) is 0.869. The molecule has 0 atom stereocenters. The highest BCUT2D eigenvalue weighted by atomic mass is 32.2. The van der Waals surface area contributed by atoms with Gasteiger partial charge in [0.15, 0.2) is 9.84 Å². The van der Waals surface area contributed by atoms with Gasteiger partial charge in [-0.15, -0.1) is 0 Å². The van der Waals surface area contributed by atoms with Gasteiger partial charge in [0.25, 0.3) is 0 Å². The Hall–Kier alpha value is -0.920. The van der Waals surface area contributed by atoms with Crippen molar-refractivity contribution in [2.75, 3.05) is 6.26 Å². The molecule has 1 aliphatic carbocycles. The summed E-state index contributed by atoms with van der Waals surface area (Å²) in [6.45, 7) is 0. The molecule has 1 aromatic rings. The summed E-state index contributed by atoms with van der Waals surface area (Å²) >= 11 is 0. The summed E-state index contributed by atoms with van der Waals surface area (Å²) in [5, 5.41) is 0. The molecule has 1 N–H and O–H groups in total. The van der Waals surface area contributed by atoms with Crippen LogP contribution in [0.5, 0.6) is 0 Å². The van der Waals surface area contributed by atoms with Crippen LogP contribution in [-0.2, 0) is 19.9 Å². The summed E-state index contributed by atoms with van der Waals surface area (Å²) in [4.78, 5) is 0.208. The van der Waals surface area contributed by atoms with Crippen LogP contribution in [0.2, 0.25) is 0 Å². The van der Waals surface area contributed by atoms with Gasteiger partial charge in [-0.05, 0) is 37.1 Å². The van der Waals surface area contributed by atoms with Crippen LogP contribution in [0, 0.1) is 0 Å². The van der Waals surface area contributed by atoms with Crippen LogP contribution in [0.4, 0.5) is 0 Å². The number of nitrogens with one attached hydrogen (secondary N) is 1. The van der Waals surface area contributed by atoms with E-state index in [9.17, 15) is 16.8 Å². The van der Waals surface area contributed by atoms with Gasteiger partial charge in [0.05, 0.1) is 9.79 Å². The number of hydrogen-bond acceptors (Lipinski definition) is 4. The fourth-order valence-corrected chi connectivity index (χ4v) is 3.29. The number of benzene rings is 1. The summed E-state index contributed by atoms with van der Waals surface area (Å²) in [6.07, 6.45) is 2.81. The van der Waals surface area contributed by atoms with E-state index >= 15 is 0 Å². The smallest absolute Gasteiger partial charge is 0.224 e. The minimum atomic E-state index is -3.50. The van der Waals surface area contributed by atoms with Crippen molar-refractivity contribution >= 4 is 19.9 Å². The predicted octanol–water partition coefficient (Wildman–Crippen LogP) is 0.531.